The van der Waals surface area contributed by atoms with Crippen LogP contribution in [0.15, 0.2) is 0 Å². The van der Waals surface area contributed by atoms with Crippen LogP contribution >= 0.6 is 0 Å². The highest BCUT2D eigenvalue weighted by Crippen LogP contribution is 2.21. The average molecular weight is 305 g/mol. The molecule has 3 rings (SSSR count). The van der Waals surface area contributed by atoms with E-state index in [1.165, 1.54) is 0 Å². The lowest BCUT2D eigenvalue weighted by Gasteiger charge is -2.32. The van der Waals surface area contributed by atoms with E-state index < -0.39 is 0 Å². The summed E-state index contributed by atoms with van der Waals surface area (Å²) in [4.78, 5) is 27.5. The highest BCUT2D eigenvalue weighted by atomic mass is 16.2. The van der Waals surface area contributed by atoms with E-state index in [2.05, 4.69) is 14.8 Å². The topological polar surface area (TPSA) is 71.3 Å². The maximum absolute atomic E-state index is 12.6. The van der Waals surface area contributed by atoms with Gasteiger partial charge in [-0.2, -0.15) is 0 Å². The minimum atomic E-state index is 0.0153. The molecule has 120 valence electrons. The second-order valence-electron chi connectivity index (χ2n) is 6.26. The van der Waals surface area contributed by atoms with Gasteiger partial charge in [0.15, 0.2) is 5.82 Å². The van der Waals surface area contributed by atoms with Gasteiger partial charge in [-0.1, -0.05) is 0 Å². The van der Waals surface area contributed by atoms with Crippen molar-refractivity contribution in [2.45, 2.75) is 45.7 Å². The van der Waals surface area contributed by atoms with E-state index in [1.807, 2.05) is 11.9 Å². The van der Waals surface area contributed by atoms with Crippen molar-refractivity contribution in [1.29, 1.82) is 0 Å². The number of carbonyl (C=O) groups excluding carboxylic acids is 2. The summed E-state index contributed by atoms with van der Waals surface area (Å²) in [5.74, 6) is 2.17. The number of aromatic nitrogens is 3. The zero-order valence-corrected chi connectivity index (χ0v) is 13.3. The first-order valence-corrected chi connectivity index (χ1v) is 7.97. The first kappa shape index (κ1) is 15.0. The second-order valence-corrected chi connectivity index (χ2v) is 6.26. The number of aryl methyl sites for hydroxylation is 1. The molecule has 0 spiro atoms. The maximum Gasteiger partial charge on any atom is 0.225 e. The molecule has 0 unspecified atom stereocenters. The molecule has 2 amide bonds. The molecule has 0 bridgehead atoms. The SMILES string of the molecule is CC(=O)N1CCC(C(=O)N(C)Cc2nnc3n2CCC3)CC1. The Kier molecular flexibility index (Phi) is 4.13. The molecular formula is C15H23N5O2. The molecule has 0 N–H and O–H groups in total. The highest BCUT2D eigenvalue weighted by molar-refractivity contribution is 5.79. The molecule has 1 saturated heterocycles. The summed E-state index contributed by atoms with van der Waals surface area (Å²) >= 11 is 0. The highest BCUT2D eigenvalue weighted by Gasteiger charge is 2.29. The first-order chi connectivity index (χ1) is 10.6. The number of hydrogen-bond acceptors (Lipinski definition) is 4. The molecule has 7 nitrogen and oxygen atoms in total. The number of carbonyl (C=O) groups is 2. The van der Waals surface area contributed by atoms with E-state index >= 15 is 0 Å². The zero-order chi connectivity index (χ0) is 15.7. The minimum absolute atomic E-state index is 0.0153. The Morgan fingerprint density at radius 3 is 2.64 bits per heavy atom. The summed E-state index contributed by atoms with van der Waals surface area (Å²) in [6.07, 6.45) is 3.59. The normalized spacial score (nSPS) is 18.4. The van der Waals surface area contributed by atoms with Crippen LogP contribution in [-0.4, -0.2) is 56.5 Å². The maximum atomic E-state index is 12.6. The van der Waals surface area contributed by atoms with Crippen molar-refractivity contribution in [3.63, 3.8) is 0 Å². The van der Waals surface area contributed by atoms with Gasteiger partial charge in [0.2, 0.25) is 11.8 Å². The van der Waals surface area contributed by atoms with Gasteiger partial charge in [0, 0.05) is 45.9 Å². The van der Waals surface area contributed by atoms with Crippen LogP contribution < -0.4 is 0 Å². The molecule has 1 fully saturated rings. The van der Waals surface area contributed by atoms with Gasteiger partial charge < -0.3 is 14.4 Å². The van der Waals surface area contributed by atoms with Crippen molar-refractivity contribution < 1.29 is 9.59 Å². The molecule has 0 atom stereocenters. The number of rotatable bonds is 3. The molecule has 7 heteroatoms. The van der Waals surface area contributed by atoms with Crippen LogP contribution in [0.25, 0.3) is 0 Å². The van der Waals surface area contributed by atoms with Crippen LogP contribution in [0.2, 0.25) is 0 Å². The van der Waals surface area contributed by atoms with Crippen molar-refractivity contribution in [2.24, 2.45) is 5.92 Å². The van der Waals surface area contributed by atoms with Crippen LogP contribution in [-0.2, 0) is 29.1 Å². The lowest BCUT2D eigenvalue weighted by molar-refractivity contribution is -0.139. The van der Waals surface area contributed by atoms with Gasteiger partial charge in [0.1, 0.15) is 5.82 Å². The summed E-state index contributed by atoms with van der Waals surface area (Å²) < 4.78 is 2.13. The van der Waals surface area contributed by atoms with E-state index in [1.54, 1.807) is 11.8 Å². The van der Waals surface area contributed by atoms with Crippen LogP contribution in [0.4, 0.5) is 0 Å². The zero-order valence-electron chi connectivity index (χ0n) is 13.3. The Morgan fingerprint density at radius 2 is 1.95 bits per heavy atom. The standard InChI is InChI=1S/C15H23N5O2/c1-11(21)19-8-5-12(6-9-19)15(22)18(2)10-14-17-16-13-4-3-7-20(13)14/h12H,3-10H2,1-2H3. The van der Waals surface area contributed by atoms with Gasteiger partial charge in [-0.15, -0.1) is 10.2 Å². The van der Waals surface area contributed by atoms with Crippen LogP contribution in [0, 0.1) is 5.92 Å². The molecule has 0 radical (unpaired) electrons. The smallest absolute Gasteiger partial charge is 0.225 e. The molecule has 2 aliphatic rings. The fraction of sp³-hybridized carbons (Fsp3) is 0.733. The van der Waals surface area contributed by atoms with Gasteiger partial charge in [-0.3, -0.25) is 9.59 Å². The number of likely N-dealkylation sites (tertiary alicyclic amines) is 1. The predicted octanol–water partition coefficient (Wildman–Crippen LogP) is 0.441. The third kappa shape index (κ3) is 2.84. The van der Waals surface area contributed by atoms with E-state index in [-0.39, 0.29) is 17.7 Å². The summed E-state index contributed by atoms with van der Waals surface area (Å²) in [6, 6.07) is 0. The molecule has 22 heavy (non-hydrogen) atoms. The molecule has 1 aromatic heterocycles. The summed E-state index contributed by atoms with van der Waals surface area (Å²) in [5, 5.41) is 8.39. The third-order valence-corrected chi connectivity index (χ3v) is 4.73. The van der Waals surface area contributed by atoms with Crippen molar-refractivity contribution in [3.8, 4) is 0 Å². The van der Waals surface area contributed by atoms with Crippen LogP contribution in [0.5, 0.6) is 0 Å². The Morgan fingerprint density at radius 1 is 1.23 bits per heavy atom. The van der Waals surface area contributed by atoms with Gasteiger partial charge in [0.05, 0.1) is 6.54 Å². The number of amides is 2. The quantitative estimate of drug-likeness (QED) is 0.812. The lowest BCUT2D eigenvalue weighted by atomic mass is 9.95. The van der Waals surface area contributed by atoms with Crippen molar-refractivity contribution in [3.05, 3.63) is 11.6 Å². The van der Waals surface area contributed by atoms with Crippen molar-refractivity contribution >= 4 is 11.8 Å². The fourth-order valence-corrected chi connectivity index (χ4v) is 3.37. The average Bonchev–Trinajstić information content (AvgIpc) is 3.11. The van der Waals surface area contributed by atoms with E-state index in [4.69, 9.17) is 0 Å². The Bertz CT molecular complexity index is 574. The number of nitrogens with zero attached hydrogens (tertiary/aromatic N) is 5. The largest absolute Gasteiger partial charge is 0.343 e. The van der Waals surface area contributed by atoms with Gasteiger partial charge in [0.25, 0.3) is 0 Å². The number of piperidine rings is 1. The molecule has 1 aromatic rings. The lowest BCUT2D eigenvalue weighted by Crippen LogP contribution is -2.42. The third-order valence-electron chi connectivity index (χ3n) is 4.73. The van der Waals surface area contributed by atoms with Gasteiger partial charge in [-0.25, -0.2) is 0 Å². The Balaban J connectivity index is 1.57. The first-order valence-electron chi connectivity index (χ1n) is 7.97. The molecule has 2 aliphatic heterocycles. The van der Waals surface area contributed by atoms with Gasteiger partial charge in [-0.05, 0) is 19.3 Å². The molecule has 0 aromatic carbocycles. The molecule has 3 heterocycles. The summed E-state index contributed by atoms with van der Waals surface area (Å²) in [5.41, 5.74) is 0. The van der Waals surface area contributed by atoms with Crippen molar-refractivity contribution in [2.75, 3.05) is 20.1 Å². The second kappa shape index (κ2) is 6.06. The number of fused-ring (bicyclic) bond motifs is 1. The minimum Gasteiger partial charge on any atom is -0.343 e. The monoisotopic (exact) mass is 305 g/mol. The fourth-order valence-electron chi connectivity index (χ4n) is 3.37. The Labute approximate surface area is 130 Å². The summed E-state index contributed by atoms with van der Waals surface area (Å²) in [7, 11) is 1.83. The van der Waals surface area contributed by atoms with E-state index in [0.717, 1.165) is 43.9 Å². The van der Waals surface area contributed by atoms with E-state index in [9.17, 15) is 9.59 Å². The van der Waals surface area contributed by atoms with Crippen LogP contribution in [0.3, 0.4) is 0 Å². The number of hydrogen-bond donors (Lipinski definition) is 0. The van der Waals surface area contributed by atoms with Crippen LogP contribution in [0.1, 0.15) is 37.8 Å². The van der Waals surface area contributed by atoms with E-state index in [0.29, 0.717) is 19.6 Å². The Hall–Kier alpha value is -1.92. The molecule has 0 aliphatic carbocycles. The van der Waals surface area contributed by atoms with Crippen molar-refractivity contribution in [1.82, 2.24) is 24.6 Å². The molecule has 0 saturated carbocycles. The van der Waals surface area contributed by atoms with Gasteiger partial charge >= 0.3 is 0 Å². The predicted molar refractivity (Wildman–Crippen MR) is 79.8 cm³/mol. The molecular weight excluding hydrogens is 282 g/mol. The summed E-state index contributed by atoms with van der Waals surface area (Å²) in [6.45, 7) is 4.41.